The van der Waals surface area contributed by atoms with E-state index in [0.29, 0.717) is 12.1 Å². The molecule has 2 N–H and O–H groups in total. The van der Waals surface area contributed by atoms with Crippen LogP contribution in [0.1, 0.15) is 18.4 Å². The van der Waals surface area contributed by atoms with E-state index in [4.69, 9.17) is 5.73 Å². The molecule has 2 rings (SSSR count). The van der Waals surface area contributed by atoms with Gasteiger partial charge in [0.05, 0.1) is 15.6 Å². The first-order valence-electron chi connectivity index (χ1n) is 4.76. The average Bonchev–Trinajstić information content (AvgIpc) is 2.67. The Morgan fingerprint density at radius 3 is 3.07 bits per heavy atom. The van der Waals surface area contributed by atoms with Crippen LogP contribution in [0.15, 0.2) is 6.20 Å². The second kappa shape index (κ2) is 4.42. The molecule has 2 unspecified atom stereocenters. The summed E-state index contributed by atoms with van der Waals surface area (Å²) >= 11 is 4.08. The quantitative estimate of drug-likeness (QED) is 0.842. The maximum absolute atomic E-state index is 5.97. The van der Waals surface area contributed by atoms with E-state index >= 15 is 0 Å². The molecule has 0 amide bonds. The third-order valence-corrected chi connectivity index (χ3v) is 4.52. The highest BCUT2D eigenvalue weighted by Gasteiger charge is 2.27. The van der Waals surface area contributed by atoms with E-state index in [9.17, 15) is 0 Å². The van der Waals surface area contributed by atoms with Crippen LogP contribution in [0.3, 0.4) is 0 Å². The molecule has 1 aliphatic rings. The summed E-state index contributed by atoms with van der Waals surface area (Å²) in [7, 11) is 0. The maximum atomic E-state index is 5.97. The highest BCUT2D eigenvalue weighted by atomic mass is 127. The average molecular weight is 323 g/mol. The normalized spacial score (nSPS) is 28.5. The topological polar surface area (TPSA) is 42.1 Å². The Morgan fingerprint density at radius 1 is 1.79 bits per heavy atom. The first-order chi connectivity index (χ1) is 6.66. The van der Waals surface area contributed by atoms with E-state index in [2.05, 4.69) is 39.4 Å². The molecule has 0 radical (unpaired) electrons. The van der Waals surface area contributed by atoms with Gasteiger partial charge in [-0.05, 0) is 35.9 Å². The van der Waals surface area contributed by atoms with E-state index in [0.717, 1.165) is 19.5 Å². The highest BCUT2D eigenvalue weighted by molar-refractivity contribution is 14.1. The zero-order valence-electron chi connectivity index (χ0n) is 8.11. The van der Waals surface area contributed by atoms with Crippen molar-refractivity contribution in [3.8, 4) is 0 Å². The first kappa shape index (κ1) is 10.8. The van der Waals surface area contributed by atoms with E-state index in [-0.39, 0.29) is 0 Å². The Bertz CT molecular complexity index is 315. The van der Waals surface area contributed by atoms with Gasteiger partial charge in [-0.25, -0.2) is 4.98 Å². The standard InChI is InChI=1S/C9H14IN3S/c1-6-7(11)2-3-13(6)5-9-12-4-8(10)14-9/h4,6-7H,2-3,5,11H2,1H3. The summed E-state index contributed by atoms with van der Waals surface area (Å²) in [5, 5.41) is 1.20. The number of nitrogens with zero attached hydrogens (tertiary/aromatic N) is 2. The fraction of sp³-hybridized carbons (Fsp3) is 0.667. The second-order valence-electron chi connectivity index (χ2n) is 3.72. The summed E-state index contributed by atoms with van der Waals surface area (Å²) < 4.78 is 1.26. The van der Waals surface area contributed by atoms with Crippen LogP contribution < -0.4 is 5.73 Å². The molecule has 0 bridgehead atoms. The predicted molar refractivity (Wildman–Crippen MR) is 67.3 cm³/mol. The Labute approximate surface area is 102 Å². The molecule has 0 spiro atoms. The van der Waals surface area contributed by atoms with Crippen LogP contribution in [-0.4, -0.2) is 28.5 Å². The maximum Gasteiger partial charge on any atom is 0.108 e. The number of thiazole rings is 1. The lowest BCUT2D eigenvalue weighted by Gasteiger charge is -2.21. The fourth-order valence-electron chi connectivity index (χ4n) is 1.79. The Kier molecular flexibility index (Phi) is 3.41. The van der Waals surface area contributed by atoms with Crippen LogP contribution in [0.2, 0.25) is 0 Å². The lowest BCUT2D eigenvalue weighted by molar-refractivity contribution is 0.251. The third-order valence-electron chi connectivity index (χ3n) is 2.81. The van der Waals surface area contributed by atoms with E-state index in [1.165, 1.54) is 7.89 Å². The fourth-order valence-corrected chi connectivity index (χ4v) is 3.36. The van der Waals surface area contributed by atoms with Crippen LogP contribution in [-0.2, 0) is 6.54 Å². The lowest BCUT2D eigenvalue weighted by Crippen LogP contribution is -2.36. The van der Waals surface area contributed by atoms with Crippen LogP contribution >= 0.6 is 33.9 Å². The molecule has 0 aromatic carbocycles. The minimum atomic E-state index is 0.342. The molecule has 0 saturated carbocycles. The van der Waals surface area contributed by atoms with Crippen molar-refractivity contribution in [2.75, 3.05) is 6.54 Å². The molecule has 78 valence electrons. The summed E-state index contributed by atoms with van der Waals surface area (Å²) in [6.07, 6.45) is 3.05. The van der Waals surface area contributed by atoms with Gasteiger partial charge >= 0.3 is 0 Å². The number of hydrogen-bond donors (Lipinski definition) is 1. The van der Waals surface area contributed by atoms with Crippen molar-refractivity contribution >= 4 is 33.9 Å². The van der Waals surface area contributed by atoms with Gasteiger partial charge in [0.25, 0.3) is 0 Å². The van der Waals surface area contributed by atoms with Gasteiger partial charge in [0.1, 0.15) is 5.01 Å². The van der Waals surface area contributed by atoms with Gasteiger partial charge in [-0.2, -0.15) is 0 Å². The summed E-state index contributed by atoms with van der Waals surface area (Å²) in [5.74, 6) is 0. The van der Waals surface area contributed by atoms with Crippen molar-refractivity contribution in [1.82, 2.24) is 9.88 Å². The van der Waals surface area contributed by atoms with E-state index in [1.54, 1.807) is 11.3 Å². The number of hydrogen-bond acceptors (Lipinski definition) is 4. The summed E-state index contributed by atoms with van der Waals surface area (Å²) in [6, 6.07) is 0.839. The molecule has 14 heavy (non-hydrogen) atoms. The van der Waals surface area contributed by atoms with Crippen molar-refractivity contribution in [2.24, 2.45) is 5.73 Å². The molecule has 0 aliphatic carbocycles. The van der Waals surface area contributed by atoms with E-state index in [1.807, 2.05) is 6.20 Å². The van der Waals surface area contributed by atoms with Gasteiger partial charge in [-0.15, -0.1) is 11.3 Å². The molecular weight excluding hydrogens is 309 g/mol. The van der Waals surface area contributed by atoms with Crippen molar-refractivity contribution in [1.29, 1.82) is 0 Å². The van der Waals surface area contributed by atoms with Gasteiger partial charge in [0, 0.05) is 18.6 Å². The van der Waals surface area contributed by atoms with Crippen molar-refractivity contribution < 1.29 is 0 Å². The minimum absolute atomic E-state index is 0.342. The number of halogens is 1. The van der Waals surface area contributed by atoms with Crippen LogP contribution in [0.4, 0.5) is 0 Å². The number of rotatable bonds is 2. The lowest BCUT2D eigenvalue weighted by atomic mass is 10.2. The molecule has 5 heteroatoms. The van der Waals surface area contributed by atoms with Crippen molar-refractivity contribution in [3.63, 3.8) is 0 Å². The first-order valence-corrected chi connectivity index (χ1v) is 6.66. The number of nitrogens with two attached hydrogens (primary N) is 1. The molecule has 1 fully saturated rings. The van der Waals surface area contributed by atoms with Gasteiger partial charge in [0.2, 0.25) is 0 Å². The van der Waals surface area contributed by atoms with Crippen molar-refractivity contribution in [2.45, 2.75) is 32.0 Å². The molecule has 1 saturated heterocycles. The third kappa shape index (κ3) is 2.26. The number of aromatic nitrogens is 1. The van der Waals surface area contributed by atoms with E-state index < -0.39 is 0 Å². The van der Waals surface area contributed by atoms with Crippen molar-refractivity contribution in [3.05, 3.63) is 14.1 Å². The van der Waals surface area contributed by atoms with Crippen LogP contribution in [0.25, 0.3) is 0 Å². The smallest absolute Gasteiger partial charge is 0.108 e. The van der Waals surface area contributed by atoms with Gasteiger partial charge < -0.3 is 5.73 Å². The predicted octanol–water partition coefficient (Wildman–Crippen LogP) is 1.67. The summed E-state index contributed by atoms with van der Waals surface area (Å²) in [4.78, 5) is 6.78. The summed E-state index contributed by atoms with van der Waals surface area (Å²) in [5.41, 5.74) is 5.97. The molecule has 2 atom stereocenters. The molecular formula is C9H14IN3S. The Morgan fingerprint density at radius 2 is 2.57 bits per heavy atom. The SMILES string of the molecule is CC1C(N)CCN1Cc1ncc(I)s1. The van der Waals surface area contributed by atoms with Gasteiger partial charge in [-0.1, -0.05) is 0 Å². The monoisotopic (exact) mass is 323 g/mol. The summed E-state index contributed by atoms with van der Waals surface area (Å²) in [6.45, 7) is 4.28. The number of likely N-dealkylation sites (tertiary alicyclic amines) is 1. The zero-order valence-corrected chi connectivity index (χ0v) is 11.1. The highest BCUT2D eigenvalue weighted by Crippen LogP contribution is 2.22. The van der Waals surface area contributed by atoms with Crippen LogP contribution in [0, 0.1) is 2.88 Å². The molecule has 1 aliphatic heterocycles. The van der Waals surface area contributed by atoms with Gasteiger partial charge in [-0.3, -0.25) is 4.90 Å². The minimum Gasteiger partial charge on any atom is -0.326 e. The largest absolute Gasteiger partial charge is 0.326 e. The Hall–Kier alpha value is 0.280. The molecule has 1 aromatic rings. The molecule has 1 aromatic heterocycles. The molecule has 2 heterocycles. The molecule has 3 nitrogen and oxygen atoms in total. The second-order valence-corrected chi connectivity index (χ2v) is 6.73. The Balaban J connectivity index is 1.98. The van der Waals surface area contributed by atoms with Crippen LogP contribution in [0.5, 0.6) is 0 Å². The van der Waals surface area contributed by atoms with Gasteiger partial charge in [0.15, 0.2) is 0 Å². The zero-order chi connectivity index (χ0) is 10.1.